The standard InChI is InChI=1S/C30H26N4O3/c1-18-8-6-7-11-23(18)28-24(17-31)30(32)33(25-16-22(34(36)37)13-12-19(25)2)26-14-21(15-27(35)29(26)28)20-9-4-3-5-10-20/h3-13,16,21,28H,14-15,32H2,1-2H3. The Kier molecular flexibility index (Phi) is 6.10. The van der Waals surface area contributed by atoms with Crippen LogP contribution in [0.2, 0.25) is 0 Å². The summed E-state index contributed by atoms with van der Waals surface area (Å²) in [4.78, 5) is 26.8. The number of nitro groups is 1. The van der Waals surface area contributed by atoms with Gasteiger partial charge in [0.15, 0.2) is 5.78 Å². The Morgan fingerprint density at radius 1 is 1.00 bits per heavy atom. The molecule has 7 heteroatoms. The van der Waals surface area contributed by atoms with Crippen molar-refractivity contribution in [3.63, 3.8) is 0 Å². The summed E-state index contributed by atoms with van der Waals surface area (Å²) in [7, 11) is 0. The highest BCUT2D eigenvalue weighted by Gasteiger charge is 2.43. The second-order valence-corrected chi connectivity index (χ2v) is 9.56. The first-order chi connectivity index (χ1) is 17.8. The van der Waals surface area contributed by atoms with Crippen LogP contribution in [-0.2, 0) is 4.79 Å². The molecule has 1 aliphatic carbocycles. The molecule has 1 aliphatic heterocycles. The average Bonchev–Trinajstić information content (AvgIpc) is 2.89. The zero-order valence-electron chi connectivity index (χ0n) is 20.6. The van der Waals surface area contributed by atoms with Gasteiger partial charge in [-0.1, -0.05) is 60.7 Å². The highest BCUT2D eigenvalue weighted by atomic mass is 16.6. The normalized spacial score (nSPS) is 19.5. The van der Waals surface area contributed by atoms with E-state index in [1.165, 1.54) is 12.1 Å². The van der Waals surface area contributed by atoms with Gasteiger partial charge in [0, 0.05) is 29.8 Å². The molecular formula is C30H26N4O3. The van der Waals surface area contributed by atoms with Gasteiger partial charge in [0.2, 0.25) is 0 Å². The molecule has 3 aromatic rings. The van der Waals surface area contributed by atoms with E-state index in [4.69, 9.17) is 5.73 Å². The smallest absolute Gasteiger partial charge is 0.271 e. The van der Waals surface area contributed by atoms with Crippen LogP contribution >= 0.6 is 0 Å². The Hall–Kier alpha value is -4.70. The first-order valence-electron chi connectivity index (χ1n) is 12.1. The SMILES string of the molecule is Cc1ccccc1C1C(C#N)=C(N)N(c2cc([N+](=O)[O-])ccc2C)C2=C1C(=O)CC(c1ccccc1)C2. The summed E-state index contributed by atoms with van der Waals surface area (Å²) in [6.45, 7) is 3.79. The maximum atomic E-state index is 13.9. The quantitative estimate of drug-likeness (QED) is 0.359. The van der Waals surface area contributed by atoms with Crippen LogP contribution in [-0.4, -0.2) is 10.7 Å². The number of aryl methyl sites for hydroxylation is 2. The topological polar surface area (TPSA) is 113 Å². The summed E-state index contributed by atoms with van der Waals surface area (Å²) in [5.74, 6) is -0.528. The summed E-state index contributed by atoms with van der Waals surface area (Å²) in [6, 6.07) is 24.4. The Morgan fingerprint density at radius 2 is 1.70 bits per heavy atom. The first kappa shape index (κ1) is 24.0. The van der Waals surface area contributed by atoms with Crippen molar-refractivity contribution in [2.75, 3.05) is 4.90 Å². The van der Waals surface area contributed by atoms with Crippen molar-refractivity contribution in [1.82, 2.24) is 0 Å². The molecule has 0 saturated heterocycles. The third kappa shape index (κ3) is 4.07. The number of Topliss-reactive ketones (excluding diaryl/α,β-unsaturated/α-hetero) is 1. The number of hydrogen-bond donors (Lipinski definition) is 1. The van der Waals surface area contributed by atoms with Crippen LogP contribution in [0.1, 0.15) is 46.9 Å². The number of allylic oxidation sites excluding steroid dienone is 3. The molecule has 0 aromatic heterocycles. The molecule has 3 aromatic carbocycles. The van der Waals surface area contributed by atoms with Gasteiger partial charge in [-0.3, -0.25) is 19.8 Å². The molecule has 0 saturated carbocycles. The number of benzene rings is 3. The number of rotatable bonds is 4. The predicted molar refractivity (Wildman–Crippen MR) is 142 cm³/mol. The number of nitrogens with two attached hydrogens (primary N) is 1. The third-order valence-corrected chi connectivity index (χ3v) is 7.38. The van der Waals surface area contributed by atoms with Crippen LogP contribution in [0.4, 0.5) is 11.4 Å². The van der Waals surface area contributed by atoms with Crippen LogP contribution in [0, 0.1) is 35.3 Å². The van der Waals surface area contributed by atoms with Gasteiger partial charge < -0.3 is 5.73 Å². The fourth-order valence-electron chi connectivity index (χ4n) is 5.54. The van der Waals surface area contributed by atoms with Crippen LogP contribution < -0.4 is 10.6 Å². The number of nitrogens with zero attached hydrogens (tertiary/aromatic N) is 3. The summed E-state index contributed by atoms with van der Waals surface area (Å²) in [6.07, 6.45) is 0.820. The molecule has 2 unspecified atom stereocenters. The Balaban J connectivity index is 1.78. The minimum Gasteiger partial charge on any atom is -0.384 e. The molecule has 37 heavy (non-hydrogen) atoms. The second kappa shape index (κ2) is 9.40. The van der Waals surface area contributed by atoms with Gasteiger partial charge in [0.1, 0.15) is 5.82 Å². The highest BCUT2D eigenvalue weighted by molar-refractivity contribution is 6.02. The number of non-ortho nitro benzene ring substituents is 1. The van der Waals surface area contributed by atoms with Crippen LogP contribution in [0.15, 0.2) is 95.5 Å². The van der Waals surface area contributed by atoms with Crippen molar-refractivity contribution in [2.45, 2.75) is 38.5 Å². The number of carbonyl (C=O) groups excluding carboxylic acids is 1. The largest absolute Gasteiger partial charge is 0.384 e. The molecule has 184 valence electrons. The summed E-state index contributed by atoms with van der Waals surface area (Å²) < 4.78 is 0. The molecule has 2 aliphatic rings. The molecule has 0 radical (unpaired) electrons. The predicted octanol–water partition coefficient (Wildman–Crippen LogP) is 5.91. The van der Waals surface area contributed by atoms with Gasteiger partial charge >= 0.3 is 0 Å². The molecule has 0 bridgehead atoms. The summed E-state index contributed by atoms with van der Waals surface area (Å²) >= 11 is 0. The van der Waals surface area contributed by atoms with E-state index in [9.17, 15) is 20.2 Å². The fraction of sp³-hybridized carbons (Fsp3) is 0.200. The van der Waals surface area contributed by atoms with Gasteiger partial charge in [0.05, 0.1) is 28.2 Å². The van der Waals surface area contributed by atoms with E-state index in [-0.39, 0.29) is 28.8 Å². The van der Waals surface area contributed by atoms with Crippen molar-refractivity contribution >= 4 is 17.2 Å². The number of ketones is 1. The molecule has 1 heterocycles. The lowest BCUT2D eigenvalue weighted by atomic mass is 9.71. The Morgan fingerprint density at radius 3 is 2.38 bits per heavy atom. The van der Waals surface area contributed by atoms with Gasteiger partial charge in [-0.2, -0.15) is 5.26 Å². The van der Waals surface area contributed by atoms with Gasteiger partial charge in [-0.05, 0) is 48.4 Å². The number of carbonyl (C=O) groups is 1. The highest BCUT2D eigenvalue weighted by Crippen LogP contribution is 2.50. The van der Waals surface area contributed by atoms with Crippen molar-refractivity contribution in [1.29, 1.82) is 5.26 Å². The van der Waals surface area contributed by atoms with Gasteiger partial charge in [-0.25, -0.2) is 0 Å². The summed E-state index contributed by atoms with van der Waals surface area (Å²) in [5.41, 5.74) is 12.3. The Labute approximate surface area is 215 Å². The minimum absolute atomic E-state index is 0.0447. The minimum atomic E-state index is -0.597. The van der Waals surface area contributed by atoms with Crippen LogP contribution in [0.25, 0.3) is 0 Å². The maximum Gasteiger partial charge on any atom is 0.271 e. The van der Waals surface area contributed by atoms with E-state index in [0.29, 0.717) is 29.8 Å². The molecule has 0 amide bonds. The van der Waals surface area contributed by atoms with E-state index in [1.807, 2.05) is 68.4 Å². The van der Waals surface area contributed by atoms with E-state index in [2.05, 4.69) is 6.07 Å². The number of nitro benzene ring substituents is 1. The van der Waals surface area contributed by atoms with Gasteiger partial charge in [0.25, 0.3) is 5.69 Å². The van der Waals surface area contributed by atoms with E-state index in [0.717, 1.165) is 22.3 Å². The number of hydrogen-bond acceptors (Lipinski definition) is 6. The first-order valence-corrected chi connectivity index (χ1v) is 12.1. The van der Waals surface area contributed by atoms with Gasteiger partial charge in [-0.15, -0.1) is 0 Å². The average molecular weight is 491 g/mol. The molecule has 2 atom stereocenters. The number of anilines is 1. The molecule has 0 fully saturated rings. The van der Waals surface area contributed by atoms with E-state index in [1.54, 1.807) is 11.0 Å². The number of nitriles is 1. The second-order valence-electron chi connectivity index (χ2n) is 9.56. The lowest BCUT2D eigenvalue weighted by molar-refractivity contribution is -0.384. The summed E-state index contributed by atoms with van der Waals surface area (Å²) in [5, 5.41) is 21.9. The van der Waals surface area contributed by atoms with E-state index < -0.39 is 10.8 Å². The lowest BCUT2D eigenvalue weighted by Crippen LogP contribution is -2.40. The van der Waals surface area contributed by atoms with Crippen molar-refractivity contribution in [3.05, 3.63) is 128 Å². The third-order valence-electron chi connectivity index (χ3n) is 7.38. The zero-order chi connectivity index (χ0) is 26.3. The van der Waals surface area contributed by atoms with E-state index >= 15 is 0 Å². The molecule has 2 N–H and O–H groups in total. The van der Waals surface area contributed by atoms with Crippen molar-refractivity contribution in [3.8, 4) is 6.07 Å². The zero-order valence-corrected chi connectivity index (χ0v) is 20.6. The monoisotopic (exact) mass is 490 g/mol. The van der Waals surface area contributed by atoms with Crippen molar-refractivity contribution < 1.29 is 9.72 Å². The molecule has 5 rings (SSSR count). The molecular weight excluding hydrogens is 464 g/mol. The fourth-order valence-corrected chi connectivity index (χ4v) is 5.54. The molecule has 0 spiro atoms. The molecule has 7 nitrogen and oxygen atoms in total. The maximum absolute atomic E-state index is 13.9. The van der Waals surface area contributed by atoms with Crippen LogP contribution in [0.5, 0.6) is 0 Å². The van der Waals surface area contributed by atoms with Crippen molar-refractivity contribution in [2.24, 2.45) is 5.73 Å². The Bertz CT molecular complexity index is 1530. The lowest BCUT2D eigenvalue weighted by Gasteiger charge is -2.42. The van der Waals surface area contributed by atoms with Crippen LogP contribution in [0.3, 0.4) is 0 Å².